The molecule has 0 heterocycles. The predicted molar refractivity (Wildman–Crippen MR) is 128 cm³/mol. The summed E-state index contributed by atoms with van der Waals surface area (Å²) in [6.07, 6.45) is 0. The summed E-state index contributed by atoms with van der Waals surface area (Å²) in [5.41, 5.74) is 13.6. The zero-order valence-corrected chi connectivity index (χ0v) is 18.9. The van der Waals surface area contributed by atoms with Gasteiger partial charge < -0.3 is 0 Å². The topological polar surface area (TPSA) is 0 Å². The lowest BCUT2D eigenvalue weighted by Crippen LogP contribution is -2.27. The fourth-order valence-corrected chi connectivity index (χ4v) is 6.76. The van der Waals surface area contributed by atoms with Crippen LogP contribution < -0.4 is 0 Å². The van der Waals surface area contributed by atoms with Gasteiger partial charge in [0.25, 0.3) is 0 Å². The molecule has 0 fully saturated rings. The quantitative estimate of drug-likeness (QED) is 0.212. The van der Waals surface area contributed by atoms with Gasteiger partial charge in [-0.25, -0.2) is 0 Å². The number of fused-ring (bicyclic) bond motifs is 10. The van der Waals surface area contributed by atoms with Crippen molar-refractivity contribution in [2.24, 2.45) is 0 Å². The molecular weight excluding hydrogens is 484 g/mol. The number of benzene rings is 4. The first kappa shape index (κ1) is 17.7. The Bertz CT molecular complexity index is 1220. The van der Waals surface area contributed by atoms with E-state index >= 15 is 0 Å². The van der Waals surface area contributed by atoms with Crippen LogP contribution in [0.3, 0.4) is 0 Å². The zero-order chi connectivity index (χ0) is 19.6. The summed E-state index contributed by atoms with van der Waals surface area (Å²) in [4.78, 5) is 0. The summed E-state index contributed by atoms with van der Waals surface area (Å²) in [6, 6.07) is 31.5. The van der Waals surface area contributed by atoms with Crippen molar-refractivity contribution in [2.45, 2.75) is 16.1 Å². The van der Waals surface area contributed by atoms with Crippen LogP contribution in [0.15, 0.2) is 84.9 Å². The molecule has 0 bridgehead atoms. The fourth-order valence-electron chi connectivity index (χ4n) is 5.60. The second-order valence-corrected chi connectivity index (χ2v) is 8.90. The third-order valence-corrected chi connectivity index (χ3v) is 7.80. The largest absolute Gasteiger partial charge is 0.0876 e. The molecule has 0 atom stereocenters. The average molecular weight is 502 g/mol. The average Bonchev–Trinajstić information content (AvgIpc) is 3.26. The van der Waals surface area contributed by atoms with Crippen LogP contribution in [0, 0.1) is 0 Å². The summed E-state index contributed by atoms with van der Waals surface area (Å²) < 4.78 is 0. The molecule has 0 unspecified atom stereocenters. The first-order chi connectivity index (χ1) is 14.3. The van der Waals surface area contributed by atoms with Crippen LogP contribution in [-0.4, -0.2) is 0 Å². The maximum Gasteiger partial charge on any atom is 0.0728 e. The Labute approximate surface area is 187 Å². The minimum absolute atomic E-state index is 0.250. The van der Waals surface area contributed by atoms with Crippen molar-refractivity contribution < 1.29 is 0 Å². The minimum atomic E-state index is -0.250. The number of halogens is 2. The normalized spacial score (nSPS) is 14.4. The molecule has 2 heteroatoms. The van der Waals surface area contributed by atoms with Crippen LogP contribution in [0.4, 0.5) is 0 Å². The van der Waals surface area contributed by atoms with Crippen LogP contribution in [0.1, 0.15) is 33.4 Å². The van der Waals surface area contributed by atoms with Crippen LogP contribution in [-0.2, 0) is 16.1 Å². The number of alkyl halides is 2. The van der Waals surface area contributed by atoms with E-state index in [1.807, 2.05) is 0 Å². The fraction of sp³-hybridized carbons (Fsp3) is 0.111. The molecule has 0 saturated heterocycles. The standard InChI is InChI=1S/C27H18Br2/c28-15-17-13-14-21-20-9-3-6-12-25(20)27(26(21)22(17)16-29)23-10-4-1-7-18(23)19-8-2-5-11-24(19)27/h1-14H,15-16H2. The van der Waals surface area contributed by atoms with Gasteiger partial charge in [0.05, 0.1) is 5.41 Å². The van der Waals surface area contributed by atoms with Crippen LogP contribution in [0.5, 0.6) is 0 Å². The number of hydrogen-bond acceptors (Lipinski definition) is 0. The Morgan fingerprint density at radius 1 is 0.517 bits per heavy atom. The lowest BCUT2D eigenvalue weighted by Gasteiger charge is -2.32. The molecule has 0 amide bonds. The lowest BCUT2D eigenvalue weighted by molar-refractivity contribution is 0.783. The molecule has 29 heavy (non-hydrogen) atoms. The van der Waals surface area contributed by atoms with Crippen molar-refractivity contribution in [1.82, 2.24) is 0 Å². The first-order valence-corrected chi connectivity index (χ1v) is 12.1. The molecule has 0 nitrogen and oxygen atoms in total. The lowest BCUT2D eigenvalue weighted by atomic mass is 9.69. The van der Waals surface area contributed by atoms with E-state index in [0.29, 0.717) is 0 Å². The van der Waals surface area contributed by atoms with Gasteiger partial charge in [-0.2, -0.15) is 0 Å². The Kier molecular flexibility index (Phi) is 3.91. The second kappa shape index (κ2) is 6.42. The second-order valence-electron chi connectivity index (χ2n) is 7.78. The third-order valence-electron chi connectivity index (χ3n) is 6.64. The van der Waals surface area contributed by atoms with Gasteiger partial charge in [0, 0.05) is 10.7 Å². The third kappa shape index (κ3) is 2.09. The molecule has 0 aromatic heterocycles. The van der Waals surface area contributed by atoms with Crippen LogP contribution in [0.25, 0.3) is 22.3 Å². The summed E-state index contributed by atoms with van der Waals surface area (Å²) in [7, 11) is 0. The highest BCUT2D eigenvalue weighted by Gasteiger charge is 2.52. The van der Waals surface area contributed by atoms with Crippen LogP contribution in [0.2, 0.25) is 0 Å². The van der Waals surface area contributed by atoms with Crippen molar-refractivity contribution >= 4 is 31.9 Å². The molecule has 0 N–H and O–H groups in total. The maximum atomic E-state index is 3.84. The van der Waals surface area contributed by atoms with Gasteiger partial charge in [-0.1, -0.05) is 117 Å². The first-order valence-electron chi connectivity index (χ1n) is 9.88. The Morgan fingerprint density at radius 3 is 1.48 bits per heavy atom. The van der Waals surface area contributed by atoms with Gasteiger partial charge in [0.1, 0.15) is 0 Å². The van der Waals surface area contributed by atoms with Gasteiger partial charge >= 0.3 is 0 Å². The van der Waals surface area contributed by atoms with E-state index in [-0.39, 0.29) is 5.41 Å². The number of rotatable bonds is 2. The van der Waals surface area contributed by atoms with E-state index in [2.05, 4.69) is 117 Å². The number of hydrogen-bond donors (Lipinski definition) is 0. The van der Waals surface area contributed by atoms with Gasteiger partial charge in [0.15, 0.2) is 0 Å². The van der Waals surface area contributed by atoms with E-state index < -0.39 is 0 Å². The summed E-state index contributed by atoms with van der Waals surface area (Å²) in [5.74, 6) is 0. The molecule has 6 rings (SSSR count). The van der Waals surface area contributed by atoms with E-state index in [4.69, 9.17) is 0 Å². The van der Waals surface area contributed by atoms with Gasteiger partial charge in [0.2, 0.25) is 0 Å². The van der Waals surface area contributed by atoms with Gasteiger partial charge in [-0.05, 0) is 55.6 Å². The maximum absolute atomic E-state index is 3.84. The van der Waals surface area contributed by atoms with E-state index in [0.717, 1.165) is 10.7 Å². The van der Waals surface area contributed by atoms with Gasteiger partial charge in [-0.3, -0.25) is 0 Å². The van der Waals surface area contributed by atoms with Crippen molar-refractivity contribution in [3.63, 3.8) is 0 Å². The van der Waals surface area contributed by atoms with Crippen LogP contribution >= 0.6 is 31.9 Å². The Hall–Kier alpha value is -2.16. The van der Waals surface area contributed by atoms with Crippen molar-refractivity contribution in [3.05, 3.63) is 118 Å². The molecular formula is C27H18Br2. The smallest absolute Gasteiger partial charge is 0.0728 e. The molecule has 4 aromatic rings. The monoisotopic (exact) mass is 500 g/mol. The Morgan fingerprint density at radius 2 is 1.00 bits per heavy atom. The molecule has 0 aliphatic heterocycles. The summed E-state index contributed by atoms with van der Waals surface area (Å²) in [6.45, 7) is 0. The Balaban J connectivity index is 1.88. The SMILES string of the molecule is BrCc1ccc2c(c1CBr)C1(c3ccccc3-c3ccccc31)c1ccccc1-2. The highest BCUT2D eigenvalue weighted by molar-refractivity contribution is 9.09. The predicted octanol–water partition coefficient (Wildman–Crippen LogP) is 7.82. The molecule has 4 aromatic carbocycles. The molecule has 0 radical (unpaired) electrons. The molecule has 1 spiro atoms. The molecule has 2 aliphatic rings. The van der Waals surface area contributed by atoms with Gasteiger partial charge in [-0.15, -0.1) is 0 Å². The molecule has 0 saturated carbocycles. The van der Waals surface area contributed by atoms with E-state index in [1.165, 1.54) is 55.6 Å². The van der Waals surface area contributed by atoms with Crippen molar-refractivity contribution in [1.29, 1.82) is 0 Å². The zero-order valence-electron chi connectivity index (χ0n) is 15.8. The van der Waals surface area contributed by atoms with Crippen molar-refractivity contribution in [3.8, 4) is 22.3 Å². The molecule has 140 valence electrons. The summed E-state index contributed by atoms with van der Waals surface area (Å²) >= 11 is 7.57. The highest BCUT2D eigenvalue weighted by Crippen LogP contribution is 2.63. The minimum Gasteiger partial charge on any atom is -0.0876 e. The summed E-state index contributed by atoms with van der Waals surface area (Å²) in [5, 5.41) is 1.70. The highest BCUT2D eigenvalue weighted by atomic mass is 79.9. The van der Waals surface area contributed by atoms with E-state index in [9.17, 15) is 0 Å². The molecule has 2 aliphatic carbocycles. The van der Waals surface area contributed by atoms with E-state index in [1.54, 1.807) is 0 Å². The van der Waals surface area contributed by atoms with Crippen molar-refractivity contribution in [2.75, 3.05) is 0 Å².